The third-order valence-electron chi connectivity index (χ3n) is 2.38. The van der Waals surface area contributed by atoms with Gasteiger partial charge in [-0.15, -0.1) is 0 Å². The number of anilines is 1. The van der Waals surface area contributed by atoms with Gasteiger partial charge in [0.2, 0.25) is 15.9 Å². The maximum absolute atomic E-state index is 11.9. The summed E-state index contributed by atoms with van der Waals surface area (Å²) in [6.45, 7) is 6.10. The Hall–Kier alpha value is -1.60. The molecule has 0 saturated carbocycles. The second kappa shape index (κ2) is 7.25. The molecule has 0 fully saturated rings. The minimum atomic E-state index is -3.45. The lowest BCUT2D eigenvalue weighted by molar-refractivity contribution is -0.118. The second-order valence-electron chi connectivity index (χ2n) is 4.71. The zero-order chi connectivity index (χ0) is 15.2. The molecule has 0 radical (unpaired) electrons. The first kappa shape index (κ1) is 16.5. The van der Waals surface area contributed by atoms with Crippen LogP contribution in [0, 0.1) is 0 Å². The molecule has 7 heteroatoms. The van der Waals surface area contributed by atoms with Gasteiger partial charge in [0.05, 0.1) is 4.90 Å². The van der Waals surface area contributed by atoms with Gasteiger partial charge in [0, 0.05) is 31.7 Å². The summed E-state index contributed by atoms with van der Waals surface area (Å²) in [6.07, 6.45) is 0. The molecule has 20 heavy (non-hydrogen) atoms. The highest BCUT2D eigenvalue weighted by atomic mass is 32.2. The molecule has 0 aromatic heterocycles. The maximum Gasteiger partial charge on any atom is 0.240 e. The Morgan fingerprint density at radius 2 is 1.75 bits per heavy atom. The van der Waals surface area contributed by atoms with Crippen molar-refractivity contribution in [1.29, 1.82) is 0 Å². The summed E-state index contributed by atoms with van der Waals surface area (Å²) < 4.78 is 26.3. The molecule has 112 valence electrons. The fourth-order valence-electron chi connectivity index (χ4n) is 1.58. The van der Waals surface area contributed by atoms with Crippen molar-refractivity contribution in [3.8, 4) is 0 Å². The highest BCUT2D eigenvalue weighted by Crippen LogP contribution is 2.14. The van der Waals surface area contributed by atoms with Crippen LogP contribution in [-0.4, -0.2) is 33.5 Å². The van der Waals surface area contributed by atoms with Crippen LogP contribution in [0.2, 0.25) is 0 Å². The lowest BCUT2D eigenvalue weighted by Crippen LogP contribution is -2.30. The van der Waals surface area contributed by atoms with Crippen LogP contribution in [0.15, 0.2) is 29.2 Å². The summed E-state index contributed by atoms with van der Waals surface area (Å²) in [5.74, 6) is -0.0759. The third-order valence-corrected chi connectivity index (χ3v) is 4.06. The summed E-state index contributed by atoms with van der Waals surface area (Å²) in [5, 5.41) is 5.76. The Balaban J connectivity index is 2.58. The number of benzene rings is 1. The molecule has 1 aromatic rings. The molecule has 3 N–H and O–H groups in total. The van der Waals surface area contributed by atoms with E-state index in [4.69, 9.17) is 0 Å². The van der Waals surface area contributed by atoms with Crippen molar-refractivity contribution in [2.45, 2.75) is 31.7 Å². The Kier molecular flexibility index (Phi) is 5.97. The molecule has 0 aliphatic rings. The zero-order valence-corrected chi connectivity index (χ0v) is 12.8. The Morgan fingerprint density at radius 1 is 1.15 bits per heavy atom. The number of nitrogens with one attached hydrogen (secondary N) is 3. The van der Waals surface area contributed by atoms with E-state index in [0.717, 1.165) is 5.69 Å². The predicted molar refractivity (Wildman–Crippen MR) is 79.1 cm³/mol. The minimum absolute atomic E-state index is 0.0759. The Morgan fingerprint density at radius 3 is 2.25 bits per heavy atom. The van der Waals surface area contributed by atoms with Crippen molar-refractivity contribution in [1.82, 2.24) is 10.0 Å². The zero-order valence-electron chi connectivity index (χ0n) is 11.9. The van der Waals surface area contributed by atoms with Crippen LogP contribution >= 0.6 is 0 Å². The van der Waals surface area contributed by atoms with Crippen molar-refractivity contribution in [2.24, 2.45) is 0 Å². The first-order chi connectivity index (χ1) is 9.31. The van der Waals surface area contributed by atoms with Crippen molar-refractivity contribution in [3.63, 3.8) is 0 Å². The Bertz CT molecular complexity index is 538. The largest absolute Gasteiger partial charge is 0.383 e. The van der Waals surface area contributed by atoms with Gasteiger partial charge in [-0.25, -0.2) is 13.1 Å². The number of carbonyl (C=O) groups excluding carboxylic acids is 1. The number of hydrogen-bond donors (Lipinski definition) is 3. The topological polar surface area (TPSA) is 87.3 Å². The van der Waals surface area contributed by atoms with Gasteiger partial charge >= 0.3 is 0 Å². The molecule has 0 aliphatic carbocycles. The van der Waals surface area contributed by atoms with Crippen LogP contribution in [0.3, 0.4) is 0 Å². The minimum Gasteiger partial charge on any atom is -0.383 e. The summed E-state index contributed by atoms with van der Waals surface area (Å²) >= 11 is 0. The number of sulfonamides is 1. The van der Waals surface area contributed by atoms with Crippen molar-refractivity contribution < 1.29 is 13.2 Å². The van der Waals surface area contributed by atoms with E-state index in [2.05, 4.69) is 15.4 Å². The van der Waals surface area contributed by atoms with Gasteiger partial charge in [0.25, 0.3) is 0 Å². The van der Waals surface area contributed by atoms with E-state index >= 15 is 0 Å². The van der Waals surface area contributed by atoms with E-state index in [1.165, 1.54) is 6.92 Å². The molecular formula is C13H21N3O3S. The van der Waals surface area contributed by atoms with E-state index in [-0.39, 0.29) is 16.8 Å². The normalized spacial score (nSPS) is 11.4. The molecular weight excluding hydrogens is 278 g/mol. The van der Waals surface area contributed by atoms with Gasteiger partial charge < -0.3 is 10.6 Å². The van der Waals surface area contributed by atoms with Crippen molar-refractivity contribution in [2.75, 3.05) is 18.4 Å². The fourth-order valence-corrected chi connectivity index (χ4v) is 2.83. The van der Waals surface area contributed by atoms with E-state index < -0.39 is 10.0 Å². The highest BCUT2D eigenvalue weighted by molar-refractivity contribution is 7.89. The quantitative estimate of drug-likeness (QED) is 0.653. The van der Waals surface area contributed by atoms with E-state index in [0.29, 0.717) is 13.1 Å². The van der Waals surface area contributed by atoms with E-state index in [1.807, 2.05) is 0 Å². The van der Waals surface area contributed by atoms with E-state index in [1.54, 1.807) is 38.1 Å². The van der Waals surface area contributed by atoms with Crippen LogP contribution in [0.25, 0.3) is 0 Å². The van der Waals surface area contributed by atoms with Crippen molar-refractivity contribution >= 4 is 21.6 Å². The number of amides is 1. The highest BCUT2D eigenvalue weighted by Gasteiger charge is 2.14. The number of hydrogen-bond acceptors (Lipinski definition) is 4. The summed E-state index contributed by atoms with van der Waals surface area (Å²) in [4.78, 5) is 10.9. The van der Waals surface area contributed by atoms with Crippen LogP contribution in [0.4, 0.5) is 5.69 Å². The van der Waals surface area contributed by atoms with Crippen LogP contribution in [0.5, 0.6) is 0 Å². The molecule has 1 aromatic carbocycles. The molecule has 0 saturated heterocycles. The fraction of sp³-hybridized carbons (Fsp3) is 0.462. The third kappa shape index (κ3) is 5.58. The smallest absolute Gasteiger partial charge is 0.240 e. The average molecular weight is 299 g/mol. The molecule has 0 atom stereocenters. The lowest BCUT2D eigenvalue weighted by Gasteiger charge is -2.11. The molecule has 1 rings (SSSR count). The summed E-state index contributed by atoms with van der Waals surface area (Å²) in [7, 11) is -3.45. The number of rotatable bonds is 7. The standard InChI is InChI=1S/C13H21N3O3S/c1-10(2)16-20(18,19)13-6-4-12(5-7-13)15-9-8-14-11(3)17/h4-7,10,15-16H,8-9H2,1-3H3,(H,14,17). The summed E-state index contributed by atoms with van der Waals surface area (Å²) in [6, 6.07) is 6.35. The number of carbonyl (C=O) groups is 1. The Labute approximate surface area is 120 Å². The molecule has 0 heterocycles. The van der Waals surface area contributed by atoms with Gasteiger partial charge in [-0.2, -0.15) is 0 Å². The van der Waals surface area contributed by atoms with Gasteiger partial charge in [0.15, 0.2) is 0 Å². The summed E-state index contributed by atoms with van der Waals surface area (Å²) in [5.41, 5.74) is 0.804. The lowest BCUT2D eigenvalue weighted by atomic mass is 10.3. The van der Waals surface area contributed by atoms with E-state index in [9.17, 15) is 13.2 Å². The van der Waals surface area contributed by atoms with Crippen molar-refractivity contribution in [3.05, 3.63) is 24.3 Å². The van der Waals surface area contributed by atoms with Crippen LogP contribution in [0.1, 0.15) is 20.8 Å². The second-order valence-corrected chi connectivity index (χ2v) is 6.42. The monoisotopic (exact) mass is 299 g/mol. The SMILES string of the molecule is CC(=O)NCCNc1ccc(S(=O)(=O)NC(C)C)cc1. The predicted octanol–water partition coefficient (Wildman–Crippen LogP) is 0.921. The molecule has 0 unspecified atom stereocenters. The molecule has 6 nitrogen and oxygen atoms in total. The first-order valence-corrected chi connectivity index (χ1v) is 7.90. The molecule has 1 amide bonds. The van der Waals surface area contributed by atoms with Gasteiger partial charge in [-0.05, 0) is 38.1 Å². The maximum atomic E-state index is 11.9. The van der Waals surface area contributed by atoms with Gasteiger partial charge in [-0.3, -0.25) is 4.79 Å². The first-order valence-electron chi connectivity index (χ1n) is 6.42. The molecule has 0 bridgehead atoms. The van der Waals surface area contributed by atoms with Gasteiger partial charge in [-0.1, -0.05) is 0 Å². The van der Waals surface area contributed by atoms with Gasteiger partial charge in [0.1, 0.15) is 0 Å². The molecule has 0 aliphatic heterocycles. The van der Waals surface area contributed by atoms with Crippen LogP contribution < -0.4 is 15.4 Å². The average Bonchev–Trinajstić information content (AvgIpc) is 2.33. The molecule has 0 spiro atoms. The van der Waals surface area contributed by atoms with Crippen LogP contribution in [-0.2, 0) is 14.8 Å².